The number of nitrogens with one attached hydrogen (secondary N) is 2. The maximum atomic E-state index is 11.8. The van der Waals surface area contributed by atoms with E-state index in [1.54, 1.807) is 6.08 Å². The van der Waals surface area contributed by atoms with Gasteiger partial charge in [-0.05, 0) is 19.3 Å². The second-order valence-corrected chi connectivity index (χ2v) is 7.40. The Bertz CT molecular complexity index is 450. The minimum atomic E-state index is -3.12. The Hall–Kier alpha value is -0.920. The van der Waals surface area contributed by atoms with Gasteiger partial charge < -0.3 is 10.6 Å². The summed E-state index contributed by atoms with van der Waals surface area (Å²) in [6.07, 6.45) is 3.59. The van der Waals surface area contributed by atoms with E-state index in [1.807, 2.05) is 13.8 Å². The average Bonchev–Trinajstić information content (AvgIpc) is 2.36. The lowest BCUT2D eigenvalue weighted by Crippen LogP contribution is -2.54. The lowest BCUT2D eigenvalue weighted by atomic mass is 9.94. The van der Waals surface area contributed by atoms with Crippen molar-refractivity contribution in [3.8, 4) is 0 Å². The Labute approximate surface area is 121 Å². The maximum absolute atomic E-state index is 11.8. The highest BCUT2D eigenvalue weighted by Crippen LogP contribution is 2.19. The fraction of sp³-hybridized carbons (Fsp3) is 0.769. The molecule has 0 aromatic rings. The van der Waals surface area contributed by atoms with E-state index in [2.05, 4.69) is 17.2 Å². The summed E-state index contributed by atoms with van der Waals surface area (Å²) >= 11 is 0. The van der Waals surface area contributed by atoms with Gasteiger partial charge >= 0.3 is 0 Å². The number of rotatable bonds is 6. The molecular formula is C13H25N3O3S. The molecule has 0 aromatic carbocycles. The van der Waals surface area contributed by atoms with Crippen LogP contribution in [0, 0.1) is 5.92 Å². The summed E-state index contributed by atoms with van der Waals surface area (Å²) in [5.74, 6) is 0.107. The van der Waals surface area contributed by atoms with Crippen LogP contribution in [0.15, 0.2) is 12.7 Å². The topological polar surface area (TPSA) is 78.5 Å². The van der Waals surface area contributed by atoms with Gasteiger partial charge in [-0.1, -0.05) is 13.0 Å². The summed E-state index contributed by atoms with van der Waals surface area (Å²) in [7, 11) is -3.12. The van der Waals surface area contributed by atoms with Crippen molar-refractivity contribution in [2.45, 2.75) is 32.4 Å². The zero-order valence-electron chi connectivity index (χ0n) is 12.4. The first kappa shape index (κ1) is 17.1. The van der Waals surface area contributed by atoms with Crippen molar-refractivity contribution in [2.75, 3.05) is 25.9 Å². The van der Waals surface area contributed by atoms with Crippen LogP contribution in [0.4, 0.5) is 0 Å². The SMILES string of the molecule is C=CCNC(=O)[C@H](C)N[C@H]1CCN(S(C)(=O)=O)C[C@H]1C. The van der Waals surface area contributed by atoms with Crippen molar-refractivity contribution in [2.24, 2.45) is 5.92 Å². The molecule has 116 valence electrons. The van der Waals surface area contributed by atoms with E-state index in [1.165, 1.54) is 10.6 Å². The molecular weight excluding hydrogens is 278 g/mol. The minimum Gasteiger partial charge on any atom is -0.351 e. The molecule has 0 bridgehead atoms. The molecule has 1 fully saturated rings. The third-order valence-corrected chi connectivity index (χ3v) is 4.88. The van der Waals surface area contributed by atoms with E-state index in [9.17, 15) is 13.2 Å². The van der Waals surface area contributed by atoms with Crippen molar-refractivity contribution >= 4 is 15.9 Å². The van der Waals surface area contributed by atoms with Crippen LogP contribution in [0.25, 0.3) is 0 Å². The van der Waals surface area contributed by atoms with Gasteiger partial charge in [0.25, 0.3) is 0 Å². The number of hydrogen-bond acceptors (Lipinski definition) is 4. The van der Waals surface area contributed by atoms with Crippen LogP contribution in [0.3, 0.4) is 0 Å². The van der Waals surface area contributed by atoms with Gasteiger partial charge in [0.1, 0.15) is 0 Å². The van der Waals surface area contributed by atoms with Crippen molar-refractivity contribution < 1.29 is 13.2 Å². The Balaban J connectivity index is 2.50. The van der Waals surface area contributed by atoms with Crippen LogP contribution in [-0.2, 0) is 14.8 Å². The van der Waals surface area contributed by atoms with E-state index in [4.69, 9.17) is 0 Å². The molecule has 1 aliphatic heterocycles. The summed E-state index contributed by atoms with van der Waals surface area (Å²) in [4.78, 5) is 11.8. The highest BCUT2D eigenvalue weighted by Gasteiger charge is 2.31. The molecule has 6 nitrogen and oxygen atoms in total. The number of carbonyl (C=O) groups excluding carboxylic acids is 1. The highest BCUT2D eigenvalue weighted by molar-refractivity contribution is 7.88. The molecule has 0 aliphatic carbocycles. The molecule has 1 aliphatic rings. The Morgan fingerprint density at radius 3 is 2.70 bits per heavy atom. The standard InChI is InChI=1S/C13H25N3O3S/c1-5-7-14-13(17)11(3)15-12-6-8-16(9-10(12)2)20(4,18)19/h5,10-12,15H,1,6-9H2,2-4H3,(H,14,17)/t10-,11+,12+/m1/s1. The summed E-state index contributed by atoms with van der Waals surface area (Å²) < 4.78 is 24.5. The molecule has 0 unspecified atom stereocenters. The summed E-state index contributed by atoms with van der Waals surface area (Å²) in [6.45, 7) is 8.82. The van der Waals surface area contributed by atoms with Gasteiger partial charge in [-0.2, -0.15) is 0 Å². The molecule has 0 saturated carbocycles. The first-order chi connectivity index (χ1) is 9.25. The van der Waals surface area contributed by atoms with Gasteiger partial charge in [0.15, 0.2) is 0 Å². The largest absolute Gasteiger partial charge is 0.351 e. The van der Waals surface area contributed by atoms with Gasteiger partial charge in [0, 0.05) is 25.7 Å². The molecule has 1 heterocycles. The minimum absolute atomic E-state index is 0.0670. The molecule has 1 rings (SSSR count). The lowest BCUT2D eigenvalue weighted by molar-refractivity contribution is -0.122. The van der Waals surface area contributed by atoms with Gasteiger partial charge in [0.05, 0.1) is 12.3 Å². The summed E-state index contributed by atoms with van der Waals surface area (Å²) in [6, 6.07) is -0.148. The number of sulfonamides is 1. The first-order valence-electron chi connectivity index (χ1n) is 6.85. The Morgan fingerprint density at radius 1 is 1.55 bits per heavy atom. The third-order valence-electron chi connectivity index (χ3n) is 3.62. The predicted octanol–water partition coefficient (Wildman–Crippen LogP) is -0.0633. The molecule has 20 heavy (non-hydrogen) atoms. The fourth-order valence-electron chi connectivity index (χ4n) is 2.38. The smallest absolute Gasteiger partial charge is 0.237 e. The van der Waals surface area contributed by atoms with Gasteiger partial charge in [-0.15, -0.1) is 6.58 Å². The van der Waals surface area contributed by atoms with E-state index in [-0.39, 0.29) is 23.9 Å². The summed E-state index contributed by atoms with van der Waals surface area (Å²) in [5, 5.41) is 6.03. The molecule has 7 heteroatoms. The van der Waals surface area contributed by atoms with E-state index in [0.717, 1.165) is 0 Å². The van der Waals surface area contributed by atoms with Crippen molar-refractivity contribution in [3.05, 3.63) is 12.7 Å². The van der Waals surface area contributed by atoms with E-state index >= 15 is 0 Å². The zero-order valence-corrected chi connectivity index (χ0v) is 13.2. The number of piperidine rings is 1. The quantitative estimate of drug-likeness (QED) is 0.674. The van der Waals surface area contributed by atoms with Crippen LogP contribution in [0.1, 0.15) is 20.3 Å². The predicted molar refractivity (Wildman–Crippen MR) is 79.8 cm³/mol. The Kier molecular flexibility index (Phi) is 6.16. The zero-order chi connectivity index (χ0) is 15.3. The second-order valence-electron chi connectivity index (χ2n) is 5.42. The lowest BCUT2D eigenvalue weighted by Gasteiger charge is -2.37. The van der Waals surface area contributed by atoms with Crippen LogP contribution >= 0.6 is 0 Å². The molecule has 0 radical (unpaired) electrons. The molecule has 0 spiro atoms. The maximum Gasteiger partial charge on any atom is 0.237 e. The number of hydrogen-bond donors (Lipinski definition) is 2. The monoisotopic (exact) mass is 303 g/mol. The van der Waals surface area contributed by atoms with Crippen molar-refractivity contribution in [3.63, 3.8) is 0 Å². The van der Waals surface area contributed by atoms with Crippen LogP contribution < -0.4 is 10.6 Å². The highest BCUT2D eigenvalue weighted by atomic mass is 32.2. The Morgan fingerprint density at radius 2 is 2.20 bits per heavy atom. The fourth-order valence-corrected chi connectivity index (χ4v) is 3.32. The van der Waals surface area contributed by atoms with Gasteiger partial charge in [0.2, 0.25) is 15.9 Å². The molecule has 1 saturated heterocycles. The number of carbonyl (C=O) groups is 1. The van der Waals surface area contributed by atoms with Crippen molar-refractivity contribution in [1.82, 2.24) is 14.9 Å². The number of nitrogens with zero attached hydrogens (tertiary/aromatic N) is 1. The third kappa shape index (κ3) is 4.88. The summed E-state index contributed by atoms with van der Waals surface area (Å²) in [5.41, 5.74) is 0. The molecule has 0 aromatic heterocycles. The van der Waals surface area contributed by atoms with Gasteiger partial charge in [-0.25, -0.2) is 12.7 Å². The average molecular weight is 303 g/mol. The van der Waals surface area contributed by atoms with E-state index < -0.39 is 10.0 Å². The van der Waals surface area contributed by atoms with E-state index in [0.29, 0.717) is 26.1 Å². The first-order valence-corrected chi connectivity index (χ1v) is 8.70. The normalized spacial score (nSPS) is 25.9. The van der Waals surface area contributed by atoms with Crippen LogP contribution in [0.5, 0.6) is 0 Å². The van der Waals surface area contributed by atoms with Crippen LogP contribution in [0.2, 0.25) is 0 Å². The van der Waals surface area contributed by atoms with Crippen molar-refractivity contribution in [1.29, 1.82) is 0 Å². The molecule has 1 amide bonds. The molecule has 3 atom stereocenters. The number of amides is 1. The van der Waals surface area contributed by atoms with Crippen LogP contribution in [-0.4, -0.2) is 56.6 Å². The van der Waals surface area contributed by atoms with Gasteiger partial charge in [-0.3, -0.25) is 4.79 Å². The molecule has 2 N–H and O–H groups in total. The second kappa shape index (κ2) is 7.19.